The lowest BCUT2D eigenvalue weighted by atomic mass is 10.3. The van der Waals surface area contributed by atoms with Gasteiger partial charge in [0.2, 0.25) is 0 Å². The molecule has 0 aliphatic carbocycles. The molecule has 2 atom stereocenters. The fourth-order valence-electron chi connectivity index (χ4n) is 0.941. The van der Waals surface area contributed by atoms with Gasteiger partial charge in [0.25, 0.3) is 0 Å². The number of hydrogen-bond donors (Lipinski definition) is 1. The third-order valence-corrected chi connectivity index (χ3v) is 3.67. The van der Waals surface area contributed by atoms with E-state index in [1.165, 1.54) is 0 Å². The molecule has 0 fully saturated rings. The van der Waals surface area contributed by atoms with E-state index in [1.807, 2.05) is 27.7 Å². The predicted molar refractivity (Wildman–Crippen MR) is 55.5 cm³/mol. The molecule has 0 amide bonds. The van der Waals surface area contributed by atoms with Crippen LogP contribution in [-0.4, -0.2) is 25.8 Å². The first-order chi connectivity index (χ1) is 5.91. The molecule has 0 aromatic rings. The lowest BCUT2D eigenvalue weighted by Crippen LogP contribution is -2.44. The third-order valence-electron chi connectivity index (χ3n) is 1.99. The minimum Gasteiger partial charge on any atom is -0.390 e. The number of hydrogen-bond acceptors (Lipinski definition) is 3. The molecule has 2 unspecified atom stereocenters. The van der Waals surface area contributed by atoms with Crippen molar-refractivity contribution in [2.75, 3.05) is 0 Å². The van der Waals surface area contributed by atoms with Gasteiger partial charge in [-0.1, -0.05) is 13.8 Å². The fraction of sp³-hybridized carbons (Fsp3) is 1.00. The first-order valence-electron chi connectivity index (χ1n) is 4.99. The molecule has 0 radical (unpaired) electrons. The van der Waals surface area contributed by atoms with E-state index in [9.17, 15) is 4.80 Å². The normalized spacial score (nSPS) is 20.8. The summed E-state index contributed by atoms with van der Waals surface area (Å²) in [6, 6.07) is 0. The molecule has 0 aliphatic rings. The largest absolute Gasteiger partial charge is 0.495 e. The van der Waals surface area contributed by atoms with Gasteiger partial charge in [-0.05, 0) is 26.7 Å². The van der Waals surface area contributed by atoms with Gasteiger partial charge >= 0.3 is 8.80 Å². The van der Waals surface area contributed by atoms with Crippen LogP contribution in [0.1, 0.15) is 40.5 Å². The Hall–Kier alpha value is 0.0969. The van der Waals surface area contributed by atoms with E-state index >= 15 is 0 Å². The van der Waals surface area contributed by atoms with Crippen LogP contribution in [0.4, 0.5) is 0 Å². The molecule has 0 aromatic heterocycles. The summed E-state index contributed by atoms with van der Waals surface area (Å²) in [6.07, 6.45) is 1.94. The summed E-state index contributed by atoms with van der Waals surface area (Å²) in [7, 11) is -2.87. The van der Waals surface area contributed by atoms with Crippen LogP contribution in [0.25, 0.3) is 0 Å². The molecule has 1 N–H and O–H groups in total. The van der Waals surface area contributed by atoms with Crippen LogP contribution >= 0.6 is 0 Å². The summed E-state index contributed by atoms with van der Waals surface area (Å²) in [5.41, 5.74) is 0. The first-order valence-corrected chi connectivity index (χ1v) is 7.25. The van der Waals surface area contributed by atoms with Crippen LogP contribution in [-0.2, 0) is 8.85 Å². The van der Waals surface area contributed by atoms with E-state index < -0.39 is 8.80 Å². The maximum absolute atomic E-state index is 9.81. The Bertz CT molecular complexity index is 125. The highest BCUT2D eigenvalue weighted by molar-refractivity contribution is 6.57. The van der Waals surface area contributed by atoms with E-state index in [4.69, 9.17) is 8.85 Å². The Morgan fingerprint density at radius 3 is 1.62 bits per heavy atom. The van der Waals surface area contributed by atoms with Crippen molar-refractivity contribution in [3.8, 4) is 0 Å². The molecule has 13 heavy (non-hydrogen) atoms. The third kappa shape index (κ3) is 6.21. The average molecular weight is 206 g/mol. The van der Waals surface area contributed by atoms with Gasteiger partial charge in [0.1, 0.15) is 0 Å². The quantitative estimate of drug-likeness (QED) is 0.677. The molecular weight excluding hydrogens is 184 g/mol. The molecule has 3 nitrogen and oxygen atoms in total. The van der Waals surface area contributed by atoms with Gasteiger partial charge in [0, 0.05) is 18.8 Å². The Morgan fingerprint density at radius 1 is 1.08 bits per heavy atom. The van der Waals surface area contributed by atoms with E-state index in [-0.39, 0.29) is 12.2 Å². The monoisotopic (exact) mass is 206 g/mol. The Balaban J connectivity index is 3.92. The lowest BCUT2D eigenvalue weighted by molar-refractivity contribution is 0.0399. The average Bonchev–Trinajstić information content (AvgIpc) is 2.02. The minimum atomic E-state index is -2.87. The van der Waals surface area contributed by atoms with E-state index in [0.29, 0.717) is 0 Å². The van der Waals surface area contributed by atoms with Crippen LogP contribution in [0.2, 0.25) is 6.55 Å². The van der Waals surface area contributed by atoms with Crippen LogP contribution in [0.5, 0.6) is 0 Å². The molecule has 0 saturated carbocycles. The van der Waals surface area contributed by atoms with Crippen molar-refractivity contribution in [2.45, 2.75) is 59.3 Å². The second-order valence-corrected chi connectivity index (χ2v) is 5.84. The SMILES string of the molecule is CCC(C)O[Si](C)(O)OC(C)CC. The van der Waals surface area contributed by atoms with Crippen LogP contribution in [0, 0.1) is 0 Å². The van der Waals surface area contributed by atoms with Crippen LogP contribution < -0.4 is 0 Å². The van der Waals surface area contributed by atoms with Crippen molar-refractivity contribution in [2.24, 2.45) is 0 Å². The highest BCUT2D eigenvalue weighted by atomic mass is 28.4. The lowest BCUT2D eigenvalue weighted by Gasteiger charge is -2.26. The van der Waals surface area contributed by atoms with Gasteiger partial charge in [-0.25, -0.2) is 0 Å². The minimum absolute atomic E-state index is 0.0747. The predicted octanol–water partition coefficient (Wildman–Crippen LogP) is 2.18. The van der Waals surface area contributed by atoms with E-state index in [2.05, 4.69) is 0 Å². The highest BCUT2D eigenvalue weighted by Crippen LogP contribution is 2.12. The first kappa shape index (κ1) is 13.1. The summed E-state index contributed by atoms with van der Waals surface area (Å²) < 4.78 is 10.9. The van der Waals surface area contributed by atoms with E-state index in [1.54, 1.807) is 6.55 Å². The zero-order valence-corrected chi connectivity index (χ0v) is 10.3. The van der Waals surface area contributed by atoms with Gasteiger partial charge < -0.3 is 13.6 Å². The summed E-state index contributed by atoms with van der Waals surface area (Å²) in [5.74, 6) is 0. The van der Waals surface area contributed by atoms with Crippen molar-refractivity contribution in [1.29, 1.82) is 0 Å². The van der Waals surface area contributed by atoms with Crippen molar-refractivity contribution < 1.29 is 13.6 Å². The van der Waals surface area contributed by atoms with Gasteiger partial charge in [-0.15, -0.1) is 0 Å². The zero-order chi connectivity index (χ0) is 10.5. The topological polar surface area (TPSA) is 38.7 Å². The molecule has 0 spiro atoms. The molecule has 0 aliphatic heterocycles. The second-order valence-electron chi connectivity index (χ2n) is 3.57. The number of rotatable bonds is 6. The van der Waals surface area contributed by atoms with Crippen molar-refractivity contribution in [3.63, 3.8) is 0 Å². The molecule has 4 heteroatoms. The van der Waals surface area contributed by atoms with Crippen molar-refractivity contribution in [3.05, 3.63) is 0 Å². The molecule has 0 heterocycles. The van der Waals surface area contributed by atoms with E-state index in [0.717, 1.165) is 12.8 Å². The zero-order valence-electron chi connectivity index (χ0n) is 9.33. The Morgan fingerprint density at radius 2 is 1.38 bits per heavy atom. The van der Waals surface area contributed by atoms with Gasteiger partial charge in [0.15, 0.2) is 0 Å². The van der Waals surface area contributed by atoms with Gasteiger partial charge in [0.05, 0.1) is 0 Å². The Labute approximate surface area is 82.4 Å². The molecule has 0 bridgehead atoms. The Kier molecular flexibility index (Phi) is 5.79. The summed E-state index contributed by atoms with van der Waals surface area (Å²) in [6.45, 7) is 9.62. The van der Waals surface area contributed by atoms with Crippen molar-refractivity contribution in [1.82, 2.24) is 0 Å². The highest BCUT2D eigenvalue weighted by Gasteiger charge is 2.33. The molecule has 80 valence electrons. The summed E-state index contributed by atoms with van der Waals surface area (Å²) >= 11 is 0. The molecule has 0 saturated heterocycles. The van der Waals surface area contributed by atoms with Crippen molar-refractivity contribution >= 4 is 8.80 Å². The molecule has 0 aromatic carbocycles. The van der Waals surface area contributed by atoms with Crippen LogP contribution in [0.15, 0.2) is 0 Å². The van der Waals surface area contributed by atoms with Gasteiger partial charge in [-0.2, -0.15) is 0 Å². The van der Waals surface area contributed by atoms with Crippen LogP contribution in [0.3, 0.4) is 0 Å². The fourth-order valence-corrected chi connectivity index (χ4v) is 2.82. The standard InChI is InChI=1S/C9H22O3Si/c1-6-8(3)11-13(5,10)12-9(4)7-2/h8-10H,6-7H2,1-5H3. The molecular formula is C9H22O3Si. The maximum Gasteiger partial charge on any atom is 0.495 e. The summed E-state index contributed by atoms with van der Waals surface area (Å²) in [4.78, 5) is 9.81. The van der Waals surface area contributed by atoms with Gasteiger partial charge in [-0.3, -0.25) is 0 Å². The smallest absolute Gasteiger partial charge is 0.390 e. The molecule has 0 rings (SSSR count). The second kappa shape index (κ2) is 5.75. The summed E-state index contributed by atoms with van der Waals surface area (Å²) in [5, 5.41) is 0. The maximum atomic E-state index is 9.81.